The van der Waals surface area contributed by atoms with Crippen LogP contribution in [0.5, 0.6) is 5.75 Å². The van der Waals surface area contributed by atoms with Crippen molar-refractivity contribution in [1.82, 2.24) is 0 Å². The predicted molar refractivity (Wildman–Crippen MR) is 58.6 cm³/mol. The van der Waals surface area contributed by atoms with E-state index in [0.29, 0.717) is 5.02 Å². The van der Waals surface area contributed by atoms with E-state index in [4.69, 9.17) is 11.6 Å². The van der Waals surface area contributed by atoms with Gasteiger partial charge in [0, 0.05) is 10.6 Å². The fourth-order valence-electron chi connectivity index (χ4n) is 1.37. The van der Waals surface area contributed by atoms with Gasteiger partial charge in [-0.05, 0) is 23.8 Å². The molecule has 2 rings (SSSR count). The quantitative estimate of drug-likeness (QED) is 0.751. The van der Waals surface area contributed by atoms with E-state index in [1.165, 1.54) is 0 Å². The molecule has 0 saturated carbocycles. The lowest BCUT2D eigenvalue weighted by atomic mass is 10.1. The minimum absolute atomic E-state index is 0.212. The second-order valence-corrected chi connectivity index (χ2v) is 3.46. The average Bonchev–Trinajstić information content (AvgIpc) is 2.19. The molecule has 2 heteroatoms. The van der Waals surface area contributed by atoms with Crippen LogP contribution in [-0.4, -0.2) is 5.11 Å². The predicted octanol–water partition coefficient (Wildman–Crippen LogP) is 3.71. The van der Waals surface area contributed by atoms with Crippen LogP contribution in [0.1, 0.15) is 0 Å². The molecular formula is C12H9ClO. The Labute approximate surface area is 87.6 Å². The first kappa shape index (κ1) is 9.10. The smallest absolute Gasteiger partial charge is 0.124 e. The van der Waals surface area contributed by atoms with Crippen LogP contribution in [0.2, 0.25) is 5.02 Å². The normalized spacial score (nSPS) is 10.1. The van der Waals surface area contributed by atoms with E-state index in [1.54, 1.807) is 12.1 Å². The van der Waals surface area contributed by atoms with E-state index < -0.39 is 0 Å². The molecule has 0 unspecified atom stereocenters. The van der Waals surface area contributed by atoms with Crippen molar-refractivity contribution in [3.63, 3.8) is 0 Å². The van der Waals surface area contributed by atoms with Crippen LogP contribution in [0.3, 0.4) is 0 Å². The van der Waals surface area contributed by atoms with E-state index in [1.807, 2.05) is 36.4 Å². The first-order valence-electron chi connectivity index (χ1n) is 4.31. The topological polar surface area (TPSA) is 20.2 Å². The maximum atomic E-state index is 9.66. The van der Waals surface area contributed by atoms with Crippen molar-refractivity contribution in [3.8, 4) is 16.9 Å². The van der Waals surface area contributed by atoms with Gasteiger partial charge in [0.05, 0.1) is 0 Å². The second-order valence-electron chi connectivity index (χ2n) is 3.03. The SMILES string of the molecule is Oc1cc(Cl)ccc1-c1ccccc1. The molecule has 14 heavy (non-hydrogen) atoms. The Morgan fingerprint density at radius 1 is 0.929 bits per heavy atom. The van der Waals surface area contributed by atoms with E-state index in [-0.39, 0.29) is 5.75 Å². The Morgan fingerprint density at radius 3 is 2.29 bits per heavy atom. The van der Waals surface area contributed by atoms with Gasteiger partial charge >= 0.3 is 0 Å². The zero-order valence-corrected chi connectivity index (χ0v) is 8.20. The van der Waals surface area contributed by atoms with E-state index in [9.17, 15) is 5.11 Å². The van der Waals surface area contributed by atoms with Crippen molar-refractivity contribution in [2.24, 2.45) is 0 Å². The number of rotatable bonds is 1. The molecule has 0 amide bonds. The highest BCUT2D eigenvalue weighted by molar-refractivity contribution is 6.30. The summed E-state index contributed by atoms with van der Waals surface area (Å²) in [5.74, 6) is 0.212. The molecule has 0 fully saturated rings. The number of hydrogen-bond donors (Lipinski definition) is 1. The first-order chi connectivity index (χ1) is 6.77. The Hall–Kier alpha value is -1.47. The van der Waals surface area contributed by atoms with Gasteiger partial charge in [0.2, 0.25) is 0 Å². The summed E-state index contributed by atoms with van der Waals surface area (Å²) in [7, 11) is 0. The van der Waals surface area contributed by atoms with Crippen molar-refractivity contribution in [3.05, 3.63) is 53.6 Å². The minimum Gasteiger partial charge on any atom is -0.507 e. The second kappa shape index (κ2) is 3.72. The van der Waals surface area contributed by atoms with E-state index in [0.717, 1.165) is 11.1 Å². The third kappa shape index (κ3) is 1.73. The van der Waals surface area contributed by atoms with Gasteiger partial charge in [-0.25, -0.2) is 0 Å². The molecule has 0 bridgehead atoms. The van der Waals surface area contributed by atoms with Gasteiger partial charge in [0.25, 0.3) is 0 Å². The van der Waals surface area contributed by atoms with E-state index in [2.05, 4.69) is 0 Å². The number of aromatic hydroxyl groups is 1. The zero-order valence-electron chi connectivity index (χ0n) is 7.44. The van der Waals surface area contributed by atoms with Crippen molar-refractivity contribution in [2.75, 3.05) is 0 Å². The van der Waals surface area contributed by atoms with Gasteiger partial charge < -0.3 is 5.11 Å². The van der Waals surface area contributed by atoms with Gasteiger partial charge in [0.15, 0.2) is 0 Å². The Kier molecular flexibility index (Phi) is 2.42. The van der Waals surface area contributed by atoms with Crippen LogP contribution in [0.4, 0.5) is 0 Å². The van der Waals surface area contributed by atoms with Gasteiger partial charge in [0.1, 0.15) is 5.75 Å². The van der Waals surface area contributed by atoms with Crippen LogP contribution in [0.25, 0.3) is 11.1 Å². The highest BCUT2D eigenvalue weighted by atomic mass is 35.5. The molecule has 0 saturated heterocycles. The molecule has 1 N–H and O–H groups in total. The number of phenols is 1. The maximum Gasteiger partial charge on any atom is 0.124 e. The molecule has 0 aliphatic heterocycles. The molecule has 0 aliphatic carbocycles. The van der Waals surface area contributed by atoms with Gasteiger partial charge in [-0.3, -0.25) is 0 Å². The lowest BCUT2D eigenvalue weighted by molar-refractivity contribution is 0.477. The Balaban J connectivity index is 2.53. The molecule has 1 nitrogen and oxygen atoms in total. The minimum atomic E-state index is 0.212. The molecule has 70 valence electrons. The third-order valence-corrected chi connectivity index (χ3v) is 2.28. The summed E-state index contributed by atoms with van der Waals surface area (Å²) in [6.45, 7) is 0. The van der Waals surface area contributed by atoms with Crippen LogP contribution >= 0.6 is 11.6 Å². The molecule has 0 spiro atoms. The van der Waals surface area contributed by atoms with Crippen molar-refractivity contribution in [1.29, 1.82) is 0 Å². The lowest BCUT2D eigenvalue weighted by Crippen LogP contribution is -1.77. The fraction of sp³-hybridized carbons (Fsp3) is 0. The van der Waals surface area contributed by atoms with Crippen LogP contribution in [-0.2, 0) is 0 Å². The molecule has 0 radical (unpaired) electrons. The van der Waals surface area contributed by atoms with Crippen molar-refractivity contribution < 1.29 is 5.11 Å². The van der Waals surface area contributed by atoms with E-state index >= 15 is 0 Å². The average molecular weight is 205 g/mol. The van der Waals surface area contributed by atoms with Gasteiger partial charge in [-0.2, -0.15) is 0 Å². The molecule has 0 aliphatic rings. The third-order valence-electron chi connectivity index (χ3n) is 2.04. The summed E-state index contributed by atoms with van der Waals surface area (Å²) in [5, 5.41) is 10.2. The van der Waals surface area contributed by atoms with Crippen molar-refractivity contribution >= 4 is 11.6 Å². The summed E-state index contributed by atoms with van der Waals surface area (Å²) >= 11 is 5.74. The number of hydrogen-bond acceptors (Lipinski definition) is 1. The Bertz CT molecular complexity index is 437. The number of phenolic OH excluding ortho intramolecular Hbond substituents is 1. The van der Waals surface area contributed by atoms with Gasteiger partial charge in [-0.15, -0.1) is 0 Å². The molecule has 2 aromatic rings. The molecule has 0 aromatic heterocycles. The summed E-state index contributed by atoms with van der Waals surface area (Å²) in [4.78, 5) is 0. The zero-order chi connectivity index (χ0) is 9.97. The highest BCUT2D eigenvalue weighted by Crippen LogP contribution is 2.30. The van der Waals surface area contributed by atoms with Crippen molar-refractivity contribution in [2.45, 2.75) is 0 Å². The first-order valence-corrected chi connectivity index (χ1v) is 4.69. The maximum absolute atomic E-state index is 9.66. The summed E-state index contributed by atoms with van der Waals surface area (Å²) in [6.07, 6.45) is 0. The van der Waals surface area contributed by atoms with Gasteiger partial charge in [-0.1, -0.05) is 41.9 Å². The monoisotopic (exact) mass is 204 g/mol. The molecular weight excluding hydrogens is 196 g/mol. The van der Waals surface area contributed by atoms with Crippen LogP contribution in [0, 0.1) is 0 Å². The largest absolute Gasteiger partial charge is 0.507 e. The van der Waals surface area contributed by atoms with Crippen LogP contribution < -0.4 is 0 Å². The fourth-order valence-corrected chi connectivity index (χ4v) is 1.53. The van der Waals surface area contributed by atoms with Crippen LogP contribution in [0.15, 0.2) is 48.5 Å². The highest BCUT2D eigenvalue weighted by Gasteiger charge is 2.03. The number of benzene rings is 2. The summed E-state index contributed by atoms with van der Waals surface area (Å²) in [5.41, 5.74) is 1.79. The number of halogens is 1. The summed E-state index contributed by atoms with van der Waals surface area (Å²) < 4.78 is 0. The molecule has 0 atom stereocenters. The lowest BCUT2D eigenvalue weighted by Gasteiger charge is -2.04. The standard InChI is InChI=1S/C12H9ClO/c13-10-6-7-11(12(14)8-10)9-4-2-1-3-5-9/h1-8,14H. The molecule has 0 heterocycles. The summed E-state index contributed by atoms with van der Waals surface area (Å²) in [6, 6.07) is 14.8. The Morgan fingerprint density at radius 2 is 1.64 bits per heavy atom. The molecule has 2 aromatic carbocycles.